The molecular weight excluding hydrogens is 304 g/mol. The summed E-state index contributed by atoms with van der Waals surface area (Å²) in [6, 6.07) is 0. The van der Waals surface area contributed by atoms with Gasteiger partial charge >= 0.3 is 0 Å². The summed E-state index contributed by atoms with van der Waals surface area (Å²) in [6.07, 6.45) is -6.59. The molecule has 0 radical (unpaired) electrons. The van der Waals surface area contributed by atoms with Gasteiger partial charge in [-0.1, -0.05) is 41.5 Å². The molecule has 1 fully saturated rings. The lowest BCUT2D eigenvalue weighted by Gasteiger charge is -2.45. The highest BCUT2D eigenvalue weighted by Crippen LogP contribution is 2.42. The summed E-state index contributed by atoms with van der Waals surface area (Å²) in [7, 11) is -2.12. The van der Waals surface area contributed by atoms with Crippen LogP contribution in [-0.4, -0.2) is 66.1 Å². The first kappa shape index (κ1) is 20.0. The zero-order valence-corrected chi connectivity index (χ0v) is 15.4. The van der Waals surface area contributed by atoms with Crippen LogP contribution in [0.25, 0.3) is 0 Å². The zero-order valence-electron chi connectivity index (χ0n) is 14.4. The Balaban J connectivity index is 2.85. The fraction of sp³-hybridized carbons (Fsp3) is 1.00. The first-order valence-electron chi connectivity index (χ1n) is 8.07. The Morgan fingerprint density at radius 1 is 0.818 bits per heavy atom. The fourth-order valence-corrected chi connectivity index (χ4v) is 9.25. The van der Waals surface area contributed by atoms with Gasteiger partial charge in [0.05, 0.1) is 6.61 Å². The predicted octanol–water partition coefficient (Wildman–Crippen LogP) is 0.978. The van der Waals surface area contributed by atoms with Gasteiger partial charge in [-0.25, -0.2) is 0 Å². The van der Waals surface area contributed by atoms with E-state index in [0.29, 0.717) is 16.6 Å². The summed E-state index contributed by atoms with van der Waals surface area (Å²) < 4.78 is 11.5. The minimum absolute atomic E-state index is 0.1000. The van der Waals surface area contributed by atoms with Gasteiger partial charge in [0, 0.05) is 0 Å². The SMILES string of the molecule is CC(C)[Si](OC[C@H]1OC(O)[C@H](O)[C@@H](O)[C@H]1O)(C(C)C)C(C)C. The first-order valence-corrected chi connectivity index (χ1v) is 10.2. The number of ether oxygens (including phenoxy) is 1. The zero-order chi connectivity index (χ0) is 17.2. The van der Waals surface area contributed by atoms with Gasteiger partial charge in [-0.15, -0.1) is 0 Å². The van der Waals surface area contributed by atoms with Gasteiger partial charge in [0.1, 0.15) is 24.4 Å². The summed E-state index contributed by atoms with van der Waals surface area (Å²) in [6.45, 7) is 13.0. The lowest BCUT2D eigenvalue weighted by molar-refractivity contribution is -0.285. The van der Waals surface area contributed by atoms with E-state index in [1.807, 2.05) is 0 Å². The molecule has 1 unspecified atom stereocenters. The van der Waals surface area contributed by atoms with Crippen LogP contribution < -0.4 is 0 Å². The highest BCUT2D eigenvalue weighted by atomic mass is 28.4. The lowest BCUT2D eigenvalue weighted by Crippen LogP contribution is -2.60. The van der Waals surface area contributed by atoms with Crippen molar-refractivity contribution in [3.8, 4) is 0 Å². The predicted molar refractivity (Wildman–Crippen MR) is 85.9 cm³/mol. The van der Waals surface area contributed by atoms with Crippen LogP contribution in [0.4, 0.5) is 0 Å². The lowest BCUT2D eigenvalue weighted by atomic mass is 10.00. The third-order valence-corrected chi connectivity index (χ3v) is 11.0. The minimum atomic E-state index is -2.12. The van der Waals surface area contributed by atoms with E-state index in [2.05, 4.69) is 41.5 Å². The monoisotopic (exact) mass is 336 g/mol. The van der Waals surface area contributed by atoms with Crippen LogP contribution >= 0.6 is 0 Å². The molecule has 0 spiro atoms. The smallest absolute Gasteiger partial charge is 0.200 e. The Hall–Kier alpha value is -0.0231. The van der Waals surface area contributed by atoms with E-state index in [1.54, 1.807) is 0 Å². The van der Waals surface area contributed by atoms with Gasteiger partial charge in [0.25, 0.3) is 0 Å². The normalized spacial score (nSPS) is 34.0. The molecule has 22 heavy (non-hydrogen) atoms. The number of aliphatic hydroxyl groups is 4. The molecule has 0 saturated carbocycles. The molecule has 1 aliphatic rings. The van der Waals surface area contributed by atoms with Crippen LogP contribution in [0.3, 0.4) is 0 Å². The van der Waals surface area contributed by atoms with Crippen molar-refractivity contribution >= 4 is 8.32 Å². The Morgan fingerprint density at radius 2 is 1.27 bits per heavy atom. The van der Waals surface area contributed by atoms with Crippen molar-refractivity contribution < 1.29 is 29.6 Å². The topological polar surface area (TPSA) is 99.4 Å². The summed E-state index contributed by atoms with van der Waals surface area (Å²) in [4.78, 5) is 0. The largest absolute Gasteiger partial charge is 0.413 e. The van der Waals surface area contributed by atoms with Gasteiger partial charge in [-0.2, -0.15) is 0 Å². The van der Waals surface area contributed by atoms with E-state index in [0.717, 1.165) is 0 Å². The molecule has 6 nitrogen and oxygen atoms in total. The average Bonchev–Trinajstić information content (AvgIpc) is 2.41. The van der Waals surface area contributed by atoms with E-state index in [-0.39, 0.29) is 6.61 Å². The van der Waals surface area contributed by atoms with Gasteiger partial charge in [-0.05, 0) is 16.6 Å². The molecule has 4 N–H and O–H groups in total. The molecule has 0 bridgehead atoms. The second kappa shape index (κ2) is 7.70. The molecule has 0 amide bonds. The molecule has 0 aliphatic carbocycles. The van der Waals surface area contributed by atoms with Crippen molar-refractivity contribution in [2.24, 2.45) is 0 Å². The van der Waals surface area contributed by atoms with Gasteiger partial charge in [0.2, 0.25) is 0 Å². The summed E-state index contributed by atoms with van der Waals surface area (Å²) in [5.74, 6) is 0. The molecule has 0 aromatic carbocycles. The standard InChI is InChI=1S/C15H32O6Si/c1-8(2)22(9(3)4,10(5)6)20-7-11-12(16)13(17)14(18)15(19)21-11/h8-19H,7H2,1-6H3/t11-,12+,13+,14-,15?/m1/s1. The van der Waals surface area contributed by atoms with E-state index >= 15 is 0 Å². The van der Waals surface area contributed by atoms with E-state index < -0.39 is 39.0 Å². The van der Waals surface area contributed by atoms with E-state index in [4.69, 9.17) is 9.16 Å². The van der Waals surface area contributed by atoms with Gasteiger partial charge in [-0.3, -0.25) is 0 Å². The summed E-state index contributed by atoms with van der Waals surface area (Å²) in [5.41, 5.74) is 1.15. The molecule has 1 saturated heterocycles. The maximum atomic E-state index is 10.0. The molecule has 0 aromatic rings. The highest BCUT2D eigenvalue weighted by molar-refractivity contribution is 6.77. The van der Waals surface area contributed by atoms with Crippen LogP contribution in [0.2, 0.25) is 16.6 Å². The maximum absolute atomic E-state index is 10.0. The number of hydrogen-bond donors (Lipinski definition) is 4. The minimum Gasteiger partial charge on any atom is -0.413 e. The average molecular weight is 337 g/mol. The Morgan fingerprint density at radius 3 is 1.68 bits per heavy atom. The van der Waals surface area contributed by atoms with Crippen molar-refractivity contribution in [2.75, 3.05) is 6.61 Å². The van der Waals surface area contributed by atoms with Gasteiger partial charge in [0.15, 0.2) is 14.6 Å². The van der Waals surface area contributed by atoms with E-state index in [1.165, 1.54) is 0 Å². The number of aliphatic hydroxyl groups excluding tert-OH is 4. The highest BCUT2D eigenvalue weighted by Gasteiger charge is 2.48. The number of rotatable bonds is 6. The molecular formula is C15H32O6Si. The second-order valence-electron chi connectivity index (χ2n) is 7.17. The fourth-order valence-electron chi connectivity index (χ4n) is 3.80. The summed E-state index contributed by atoms with van der Waals surface area (Å²) >= 11 is 0. The van der Waals surface area contributed by atoms with Gasteiger partial charge < -0.3 is 29.6 Å². The van der Waals surface area contributed by atoms with Crippen molar-refractivity contribution in [1.82, 2.24) is 0 Å². The van der Waals surface area contributed by atoms with Crippen LogP contribution in [0, 0.1) is 0 Å². The van der Waals surface area contributed by atoms with E-state index in [9.17, 15) is 20.4 Å². The van der Waals surface area contributed by atoms with Crippen LogP contribution in [0.1, 0.15) is 41.5 Å². The molecule has 7 heteroatoms. The number of hydrogen-bond acceptors (Lipinski definition) is 6. The maximum Gasteiger partial charge on any atom is 0.200 e. The Bertz CT molecular complexity index is 327. The third-order valence-electron chi connectivity index (χ3n) is 4.89. The molecule has 5 atom stereocenters. The molecule has 1 aliphatic heterocycles. The van der Waals surface area contributed by atoms with Crippen molar-refractivity contribution in [2.45, 2.75) is 88.9 Å². The molecule has 132 valence electrons. The third kappa shape index (κ3) is 3.72. The quantitative estimate of drug-likeness (QED) is 0.540. The van der Waals surface area contributed by atoms with Crippen LogP contribution in [0.5, 0.6) is 0 Å². The van der Waals surface area contributed by atoms with Crippen molar-refractivity contribution in [3.05, 3.63) is 0 Å². The van der Waals surface area contributed by atoms with Crippen molar-refractivity contribution in [1.29, 1.82) is 0 Å². The first-order chi connectivity index (χ1) is 10.1. The van der Waals surface area contributed by atoms with Crippen molar-refractivity contribution in [3.63, 3.8) is 0 Å². The van der Waals surface area contributed by atoms with Crippen LogP contribution in [0.15, 0.2) is 0 Å². The Labute approximate surface area is 134 Å². The molecule has 1 rings (SSSR count). The molecule has 0 aromatic heterocycles. The second-order valence-corrected chi connectivity index (χ2v) is 12.6. The molecule has 1 heterocycles. The summed E-state index contributed by atoms with van der Waals surface area (Å²) in [5, 5.41) is 38.9. The Kier molecular flexibility index (Phi) is 7.01. The van der Waals surface area contributed by atoms with Crippen LogP contribution in [-0.2, 0) is 9.16 Å².